The Morgan fingerprint density at radius 1 is 0.266 bits per heavy atom. The Morgan fingerprint density at radius 2 is 0.608 bits per heavy atom. The second-order valence-electron chi connectivity index (χ2n) is 50.0. The van der Waals surface area contributed by atoms with Crippen LogP contribution in [0, 0.1) is 84.5 Å². The molecule has 8 saturated carbocycles. The molecule has 0 saturated heterocycles. The molecule has 19 heteroatoms. The minimum atomic E-state index is -1.61. The summed E-state index contributed by atoms with van der Waals surface area (Å²) >= 11 is 38.7. The van der Waals surface area contributed by atoms with E-state index in [1.54, 1.807) is 24.3 Å². The van der Waals surface area contributed by atoms with Crippen molar-refractivity contribution in [3.63, 3.8) is 0 Å². The number of benzene rings is 8. The van der Waals surface area contributed by atoms with Crippen molar-refractivity contribution in [3.05, 3.63) is 253 Å². The molecule has 0 bridgehead atoms. The number of halogens is 10. The summed E-state index contributed by atoms with van der Waals surface area (Å²) in [6.45, 7) is 64.6. The van der Waals surface area contributed by atoms with Gasteiger partial charge in [-0.1, -0.05) is 294 Å². The highest BCUT2D eigenvalue weighted by Crippen LogP contribution is 2.46. The summed E-state index contributed by atoms with van der Waals surface area (Å²) in [5.74, 6) is 9.23. The van der Waals surface area contributed by atoms with Gasteiger partial charge in [0, 0.05) is 26.0 Å². The first-order valence-corrected chi connectivity index (χ1v) is 55.3. The Kier molecular flexibility index (Phi) is 42.5. The van der Waals surface area contributed by atoms with Crippen LogP contribution in [-0.4, -0.2) is 52.8 Å². The molecule has 8 fully saturated rings. The van der Waals surface area contributed by atoms with E-state index >= 15 is 0 Å². The summed E-state index contributed by atoms with van der Waals surface area (Å²) in [7, 11) is 0. The van der Waals surface area contributed by atoms with Gasteiger partial charge in [0.2, 0.25) is 0 Å². The van der Waals surface area contributed by atoms with Crippen molar-refractivity contribution in [2.75, 3.05) is 52.8 Å². The molecule has 1 aromatic heterocycles. The van der Waals surface area contributed by atoms with Crippen LogP contribution in [0.4, 0.5) is 17.6 Å². The van der Waals surface area contributed by atoms with Gasteiger partial charge >= 0.3 is 0 Å². The van der Waals surface area contributed by atoms with E-state index in [-0.39, 0.29) is 66.6 Å². The molecule has 0 radical (unpaired) electrons. The van der Waals surface area contributed by atoms with Crippen LogP contribution in [-0.2, 0) is 48.7 Å². The van der Waals surface area contributed by atoms with Gasteiger partial charge in [-0.25, -0.2) is 17.6 Å². The number of rotatable bonds is 24. The lowest BCUT2D eigenvalue weighted by Gasteiger charge is -2.22. The smallest absolute Gasteiger partial charge is 0.167 e. The summed E-state index contributed by atoms with van der Waals surface area (Å²) in [5, 5.41) is 5.86. The van der Waals surface area contributed by atoms with Crippen LogP contribution >= 0.6 is 80.9 Å². The van der Waals surface area contributed by atoms with E-state index in [9.17, 15) is 17.6 Å². The lowest BCUT2D eigenvalue weighted by Crippen LogP contribution is -2.14. The predicted octanol–water partition coefficient (Wildman–Crippen LogP) is 39.1. The van der Waals surface area contributed by atoms with Gasteiger partial charge in [-0.3, -0.25) is 0 Å². The maximum absolute atomic E-state index is 13.9. The average Bonchev–Trinajstić information content (AvgIpc) is 1.02. The third-order valence-corrected chi connectivity index (χ3v) is 29.1. The van der Waals surface area contributed by atoms with E-state index in [2.05, 4.69) is 185 Å². The highest BCUT2D eigenvalue weighted by molar-refractivity contribution is 7.10. The SMILES string of the molecule is CC(C)(C)c1cc(Cl)cc(OCC2CC2)c1.CC(C)(C)c1cc(OCC2CC2)c(Cl)cc1Cl.CC(C)(C)c1cc(OCC2CC2)c(Cl)cc1F.CC(C)(C)c1cc(OCC2CC2)c(F)cc1F.CC(C)(C)c1cccc(OCC2CCCC2)c1.CC(C)(C)c1cccs1.Cc1cc(Cl)c(C(C)(C)C)cc1OCC1CC1.Cc1cc(F)c(C(C)(C)C)cc1OCC1CC1.[2H]C([2H])(Oc1cc(C(C)(C)C)ccc1Cl)C1CC1. The fourth-order valence-corrected chi connectivity index (χ4v) is 17.6. The normalized spacial score (nSPS) is 16.3. The van der Waals surface area contributed by atoms with E-state index in [0.29, 0.717) is 73.2 Å². The van der Waals surface area contributed by atoms with Gasteiger partial charge in [0.05, 0.1) is 70.6 Å². The van der Waals surface area contributed by atoms with Crippen molar-refractivity contribution < 1.29 is 58.2 Å². The Hall–Kier alpha value is -6.68. The average molecular weight is 2110 g/mol. The fourth-order valence-electron chi connectivity index (χ4n) is 15.0. The van der Waals surface area contributed by atoms with Gasteiger partial charge in [0.15, 0.2) is 11.6 Å². The Labute approximate surface area is 896 Å². The highest BCUT2D eigenvalue weighted by Gasteiger charge is 2.33. The lowest BCUT2D eigenvalue weighted by atomic mass is 9.86. The van der Waals surface area contributed by atoms with Crippen LogP contribution in [0.3, 0.4) is 0 Å². The topological polar surface area (TPSA) is 73.8 Å². The molecular formula is C124H170Cl6F4O8S. The van der Waals surface area contributed by atoms with E-state index in [1.165, 1.54) is 118 Å². The Bertz CT molecular complexity index is 5140. The van der Waals surface area contributed by atoms with Crippen LogP contribution in [0.1, 0.15) is 366 Å². The Balaban J connectivity index is 0.000000182. The van der Waals surface area contributed by atoms with Crippen molar-refractivity contribution in [1.82, 2.24) is 0 Å². The largest absolute Gasteiger partial charge is 0.493 e. The minimum absolute atomic E-state index is 0.000632. The van der Waals surface area contributed by atoms with Gasteiger partial charge in [-0.05, 0) is 377 Å². The zero-order valence-corrected chi connectivity index (χ0v) is 96.9. The van der Waals surface area contributed by atoms with Gasteiger partial charge in [-0.15, -0.1) is 11.3 Å². The highest BCUT2D eigenvalue weighted by atomic mass is 35.5. The monoisotopic (exact) mass is 2110 g/mol. The molecule has 0 aliphatic heterocycles. The summed E-state index contributed by atoms with van der Waals surface area (Å²) in [5.41, 5.74) is 9.72. The number of thiophene rings is 1. The molecule has 0 unspecified atom stereocenters. The van der Waals surface area contributed by atoms with Crippen LogP contribution in [0.2, 0.25) is 30.1 Å². The molecule has 8 aliphatic carbocycles. The number of hydrogen-bond donors (Lipinski definition) is 0. The maximum Gasteiger partial charge on any atom is 0.167 e. The van der Waals surface area contributed by atoms with E-state index in [0.717, 1.165) is 167 Å². The summed E-state index contributed by atoms with van der Waals surface area (Å²) in [4.78, 5) is 1.46. The lowest BCUT2D eigenvalue weighted by molar-refractivity contribution is 0.251. The summed E-state index contributed by atoms with van der Waals surface area (Å²) in [6, 6.07) is 41.3. The first-order valence-electron chi connectivity index (χ1n) is 53.1. The molecule has 0 N–H and O–H groups in total. The number of hydrogen-bond acceptors (Lipinski definition) is 9. The standard InChI is InChI=1S/C16H24O.C15H21ClO.C15H21FO.C14H18Cl2O.C14H18ClFO.2C14H19ClO.C14H18F2O.C8H12S/c1-16(2,3)14-9-6-10-15(11-14)17-12-13-7-4-5-8-13;2*1-10-7-13(16)12(15(2,3)4)8-14(10)17-9-11-5-6-11;1-14(2,3)10-6-13(12(16)7-11(10)15)17-8-9-4-5-9;1-14(2,3)10-6-13(11(15)7-12(10)16)17-8-9-4-5-9;1-14(2,3)11-6-12(15)8-13(7-11)16-9-10-4-5-10;1-14(2,3)11-6-7-12(15)13(8-11)16-9-10-4-5-10;1-14(2,3)10-6-13(12(16)7-11(10)15)17-8-9-4-5-9;1-8(2,3)7-5-4-6-9-7/h6,9-11,13H,4-5,7-8,12H2,1-3H3;2*7-8,11H,5-6,9H2,1-4H3;2*6-7,9H,4-5,8H2,1-3H3;2*6-8,10H,4-5,9H2,1-3H3;6-7,9H,4-5,8H2,1-3H3;4-6H,1-3H3/i;;;;;;9D2;;. The summed E-state index contributed by atoms with van der Waals surface area (Å²) in [6.07, 6.45) is 22.3. The summed E-state index contributed by atoms with van der Waals surface area (Å²) < 4.78 is 116. The van der Waals surface area contributed by atoms with Gasteiger partial charge in [0.1, 0.15) is 57.7 Å². The molecule has 1 heterocycles. The van der Waals surface area contributed by atoms with E-state index in [1.807, 2.05) is 123 Å². The minimum Gasteiger partial charge on any atom is -0.493 e. The van der Waals surface area contributed by atoms with Gasteiger partial charge in [0.25, 0.3) is 0 Å². The molecule has 790 valence electrons. The third kappa shape index (κ3) is 42.7. The quantitative estimate of drug-likeness (QED) is 0.0554. The van der Waals surface area contributed by atoms with Crippen LogP contribution in [0.25, 0.3) is 0 Å². The first-order chi connectivity index (χ1) is 67.2. The predicted molar refractivity (Wildman–Crippen MR) is 599 cm³/mol. The molecule has 0 spiro atoms. The van der Waals surface area contributed by atoms with Crippen molar-refractivity contribution in [2.45, 2.75) is 365 Å². The maximum atomic E-state index is 13.9. The Morgan fingerprint density at radius 3 is 1.02 bits per heavy atom. The molecule has 8 aliphatic rings. The zero-order valence-electron chi connectivity index (χ0n) is 93.5. The number of aryl methyl sites for hydroxylation is 2. The molecule has 8 aromatic carbocycles. The molecule has 0 amide bonds. The molecular weight excluding hydrogens is 1940 g/mol. The second-order valence-corrected chi connectivity index (χ2v) is 53.5. The van der Waals surface area contributed by atoms with E-state index < -0.39 is 18.2 Å². The van der Waals surface area contributed by atoms with Crippen molar-refractivity contribution in [1.29, 1.82) is 0 Å². The van der Waals surface area contributed by atoms with E-state index in [4.69, 9.17) is 110 Å². The van der Waals surface area contributed by atoms with Crippen LogP contribution in [0.5, 0.6) is 46.0 Å². The first kappa shape index (κ1) is 117. The second kappa shape index (κ2) is 52.2. The molecule has 0 atom stereocenters. The molecule has 17 rings (SSSR count). The van der Waals surface area contributed by atoms with Crippen LogP contribution in [0.15, 0.2) is 139 Å². The van der Waals surface area contributed by atoms with Crippen LogP contribution < -0.4 is 37.9 Å². The number of ether oxygens (including phenoxy) is 8. The zero-order chi connectivity index (χ0) is 108. The third-order valence-electron chi connectivity index (χ3n) is 26.0. The van der Waals surface area contributed by atoms with Crippen molar-refractivity contribution >= 4 is 80.9 Å². The fraction of sp³-hybridized carbons (Fsp3) is 0.581. The van der Waals surface area contributed by atoms with Crippen molar-refractivity contribution in [3.8, 4) is 46.0 Å². The molecule has 9 aromatic rings. The molecule has 8 nitrogen and oxygen atoms in total. The van der Waals surface area contributed by atoms with Gasteiger partial charge < -0.3 is 37.9 Å². The molecule has 143 heavy (non-hydrogen) atoms. The van der Waals surface area contributed by atoms with Gasteiger partial charge in [-0.2, -0.15) is 0 Å². The van der Waals surface area contributed by atoms with Crippen molar-refractivity contribution in [2.24, 2.45) is 47.3 Å².